The minimum atomic E-state index is -0.562. The molecule has 0 fully saturated rings. The van der Waals surface area contributed by atoms with Crippen LogP contribution in [0.3, 0.4) is 0 Å². The molecule has 0 aliphatic carbocycles. The van der Waals surface area contributed by atoms with Gasteiger partial charge in [0.1, 0.15) is 5.58 Å². The van der Waals surface area contributed by atoms with Gasteiger partial charge in [-0.1, -0.05) is 48.5 Å². The average Bonchev–Trinajstić information content (AvgIpc) is 2.67. The predicted octanol–water partition coefficient (Wildman–Crippen LogP) is 4.24. The molecule has 0 spiro atoms. The Kier molecular flexibility index (Phi) is 3.62. The first-order chi connectivity index (χ1) is 12.6. The van der Waals surface area contributed by atoms with E-state index in [1.165, 1.54) is 12.1 Å². The molecule has 0 atom stereocenters. The quantitative estimate of drug-likeness (QED) is 0.472. The van der Waals surface area contributed by atoms with E-state index in [0.29, 0.717) is 22.3 Å². The van der Waals surface area contributed by atoms with Crippen molar-refractivity contribution in [2.24, 2.45) is 0 Å². The second-order valence-corrected chi connectivity index (χ2v) is 5.86. The number of hydrogen-bond acceptors (Lipinski definition) is 5. The summed E-state index contributed by atoms with van der Waals surface area (Å²) in [6.07, 6.45) is 0. The van der Waals surface area contributed by atoms with Crippen molar-refractivity contribution in [3.8, 4) is 39.7 Å². The molecule has 5 nitrogen and oxygen atoms in total. The lowest BCUT2D eigenvalue weighted by atomic mass is 9.99. The van der Waals surface area contributed by atoms with Crippen LogP contribution in [0.5, 0.6) is 17.2 Å². The van der Waals surface area contributed by atoms with Crippen molar-refractivity contribution in [2.45, 2.75) is 0 Å². The van der Waals surface area contributed by atoms with Crippen molar-refractivity contribution in [3.63, 3.8) is 0 Å². The van der Waals surface area contributed by atoms with Gasteiger partial charge in [0.15, 0.2) is 17.3 Å². The number of aromatic hydroxyl groups is 3. The minimum absolute atomic E-state index is 0.105. The molecule has 5 heteroatoms. The standard InChI is InChI=1S/C21H14O5/c22-15-10-9-13(11-16(15)23)14-7-4-8-17-18(14)19(24)20(25)21(26-17)12-5-2-1-3-6-12/h1-11,22-23,25H. The maximum absolute atomic E-state index is 12.8. The van der Waals surface area contributed by atoms with Crippen molar-refractivity contribution < 1.29 is 19.7 Å². The summed E-state index contributed by atoms with van der Waals surface area (Å²) < 4.78 is 5.81. The van der Waals surface area contributed by atoms with Gasteiger partial charge in [0.05, 0.1) is 5.39 Å². The van der Waals surface area contributed by atoms with Crippen LogP contribution in [0.15, 0.2) is 75.9 Å². The summed E-state index contributed by atoms with van der Waals surface area (Å²) in [5.74, 6) is -0.919. The van der Waals surface area contributed by atoms with Gasteiger partial charge >= 0.3 is 0 Å². The first-order valence-corrected chi connectivity index (χ1v) is 7.93. The van der Waals surface area contributed by atoms with E-state index in [4.69, 9.17) is 4.42 Å². The molecule has 3 aromatic carbocycles. The Morgan fingerprint density at radius 3 is 2.23 bits per heavy atom. The first-order valence-electron chi connectivity index (χ1n) is 7.93. The van der Waals surface area contributed by atoms with Gasteiger partial charge in [0, 0.05) is 5.56 Å². The molecule has 4 aromatic rings. The van der Waals surface area contributed by atoms with E-state index in [9.17, 15) is 20.1 Å². The molecule has 1 aromatic heterocycles. The van der Waals surface area contributed by atoms with Crippen molar-refractivity contribution in [1.82, 2.24) is 0 Å². The molecule has 26 heavy (non-hydrogen) atoms. The van der Waals surface area contributed by atoms with Gasteiger partial charge in [-0.2, -0.15) is 0 Å². The Hall–Kier alpha value is -3.73. The molecule has 0 saturated heterocycles. The fourth-order valence-corrected chi connectivity index (χ4v) is 2.95. The summed E-state index contributed by atoms with van der Waals surface area (Å²) in [4.78, 5) is 12.8. The molecule has 0 aliphatic rings. The lowest BCUT2D eigenvalue weighted by Gasteiger charge is -2.10. The third-order valence-electron chi connectivity index (χ3n) is 4.22. The lowest BCUT2D eigenvalue weighted by molar-refractivity contribution is 0.404. The van der Waals surface area contributed by atoms with Crippen molar-refractivity contribution in [1.29, 1.82) is 0 Å². The molecule has 4 rings (SSSR count). The fourth-order valence-electron chi connectivity index (χ4n) is 2.95. The maximum atomic E-state index is 12.8. The third-order valence-corrected chi connectivity index (χ3v) is 4.22. The monoisotopic (exact) mass is 346 g/mol. The Labute approximate surface area is 148 Å². The summed E-state index contributed by atoms with van der Waals surface area (Å²) in [7, 11) is 0. The SMILES string of the molecule is O=c1c(O)c(-c2ccccc2)oc2cccc(-c3ccc(O)c(O)c3)c12. The molecule has 0 radical (unpaired) electrons. The van der Waals surface area contributed by atoms with Gasteiger partial charge in [-0.05, 0) is 29.3 Å². The van der Waals surface area contributed by atoms with Gasteiger partial charge in [-0.15, -0.1) is 0 Å². The molecular weight excluding hydrogens is 332 g/mol. The number of fused-ring (bicyclic) bond motifs is 1. The van der Waals surface area contributed by atoms with Crippen LogP contribution >= 0.6 is 0 Å². The lowest BCUT2D eigenvalue weighted by Crippen LogP contribution is -2.04. The average molecular weight is 346 g/mol. The van der Waals surface area contributed by atoms with Crippen molar-refractivity contribution >= 4 is 11.0 Å². The molecule has 0 unspecified atom stereocenters. The van der Waals surface area contributed by atoms with Crippen LogP contribution in [-0.2, 0) is 0 Å². The normalized spacial score (nSPS) is 10.9. The number of hydrogen-bond donors (Lipinski definition) is 3. The number of phenols is 2. The van der Waals surface area contributed by atoms with Crippen LogP contribution < -0.4 is 5.43 Å². The van der Waals surface area contributed by atoms with Gasteiger partial charge in [-0.25, -0.2) is 0 Å². The van der Waals surface area contributed by atoms with Crippen LogP contribution in [0.1, 0.15) is 0 Å². The smallest absolute Gasteiger partial charge is 0.235 e. The second kappa shape index (κ2) is 5.97. The van der Waals surface area contributed by atoms with Crippen LogP contribution in [0, 0.1) is 0 Å². The summed E-state index contributed by atoms with van der Waals surface area (Å²) in [5.41, 5.74) is 1.35. The highest BCUT2D eigenvalue weighted by atomic mass is 16.4. The highest BCUT2D eigenvalue weighted by Gasteiger charge is 2.18. The molecular formula is C21H14O5. The van der Waals surface area contributed by atoms with Crippen molar-refractivity contribution in [3.05, 3.63) is 77.0 Å². The number of benzene rings is 3. The summed E-state index contributed by atoms with van der Waals surface area (Å²) in [5, 5.41) is 29.9. The number of phenolic OH excluding ortho intramolecular Hbond substituents is 2. The van der Waals surface area contributed by atoms with E-state index in [2.05, 4.69) is 0 Å². The molecule has 0 saturated carbocycles. The highest BCUT2D eigenvalue weighted by Crippen LogP contribution is 2.36. The van der Waals surface area contributed by atoms with Gasteiger partial charge < -0.3 is 19.7 Å². The van der Waals surface area contributed by atoms with E-state index in [-0.39, 0.29) is 22.6 Å². The first kappa shape index (κ1) is 15.8. The molecule has 1 heterocycles. The van der Waals surface area contributed by atoms with Gasteiger partial charge in [0.2, 0.25) is 11.2 Å². The zero-order valence-electron chi connectivity index (χ0n) is 13.5. The maximum Gasteiger partial charge on any atom is 0.235 e. The molecule has 0 amide bonds. The predicted molar refractivity (Wildman–Crippen MR) is 98.4 cm³/mol. The van der Waals surface area contributed by atoms with E-state index in [0.717, 1.165) is 0 Å². The summed E-state index contributed by atoms with van der Waals surface area (Å²) in [6.45, 7) is 0. The van der Waals surface area contributed by atoms with E-state index >= 15 is 0 Å². The summed E-state index contributed by atoms with van der Waals surface area (Å²) in [6, 6.07) is 18.2. The zero-order valence-corrected chi connectivity index (χ0v) is 13.5. The Morgan fingerprint density at radius 1 is 0.731 bits per heavy atom. The molecule has 128 valence electrons. The second-order valence-electron chi connectivity index (χ2n) is 5.86. The third kappa shape index (κ3) is 2.46. The van der Waals surface area contributed by atoms with Gasteiger partial charge in [-0.3, -0.25) is 4.79 Å². The molecule has 0 aliphatic heterocycles. The van der Waals surface area contributed by atoms with Crippen LogP contribution in [0.25, 0.3) is 33.4 Å². The fraction of sp³-hybridized carbons (Fsp3) is 0. The zero-order chi connectivity index (χ0) is 18.3. The largest absolute Gasteiger partial charge is 0.504 e. The van der Waals surface area contributed by atoms with Crippen molar-refractivity contribution in [2.75, 3.05) is 0 Å². The summed E-state index contributed by atoms with van der Waals surface area (Å²) >= 11 is 0. The Morgan fingerprint density at radius 2 is 1.50 bits per heavy atom. The minimum Gasteiger partial charge on any atom is -0.504 e. The molecule has 0 bridgehead atoms. The molecule has 3 N–H and O–H groups in total. The number of rotatable bonds is 2. The Bertz CT molecular complexity index is 1180. The van der Waals surface area contributed by atoms with E-state index < -0.39 is 11.2 Å². The van der Waals surface area contributed by atoms with E-state index in [1.807, 2.05) is 6.07 Å². The topological polar surface area (TPSA) is 90.9 Å². The van der Waals surface area contributed by atoms with Crippen LogP contribution in [0.4, 0.5) is 0 Å². The Balaban J connectivity index is 2.02. The van der Waals surface area contributed by atoms with Gasteiger partial charge in [0.25, 0.3) is 0 Å². The van der Waals surface area contributed by atoms with Crippen LogP contribution in [-0.4, -0.2) is 15.3 Å². The highest BCUT2D eigenvalue weighted by molar-refractivity contribution is 5.95. The van der Waals surface area contributed by atoms with Crippen LogP contribution in [0.2, 0.25) is 0 Å². The van der Waals surface area contributed by atoms with E-state index in [1.54, 1.807) is 48.5 Å².